The van der Waals surface area contributed by atoms with Gasteiger partial charge in [0, 0.05) is 12.2 Å². The summed E-state index contributed by atoms with van der Waals surface area (Å²) in [5, 5.41) is 2.61. The molecule has 150 valence electrons. The van der Waals surface area contributed by atoms with E-state index in [4.69, 9.17) is 4.74 Å². The fourth-order valence-electron chi connectivity index (χ4n) is 3.08. The van der Waals surface area contributed by atoms with Crippen molar-refractivity contribution < 1.29 is 23.5 Å². The minimum Gasteiger partial charge on any atom is -0.497 e. The Morgan fingerprint density at radius 1 is 1.24 bits per heavy atom. The molecule has 4 amide bonds. The number of hydrogen-bond acceptors (Lipinski definition) is 4. The number of amides is 4. The maximum atomic E-state index is 13.1. The SMILES string of the molecule is C=CCN(C(=O)Nc1ccc(F)cc1)[C@H]1CC(=O)N(c2ccc(OC)cc2)C1=O. The molecule has 0 spiro atoms. The van der Waals surface area contributed by atoms with E-state index in [9.17, 15) is 18.8 Å². The lowest BCUT2D eigenvalue weighted by Gasteiger charge is -2.26. The molecule has 1 saturated heterocycles. The zero-order chi connectivity index (χ0) is 21.0. The van der Waals surface area contributed by atoms with Crippen LogP contribution in [0.4, 0.5) is 20.6 Å². The summed E-state index contributed by atoms with van der Waals surface area (Å²) in [6.07, 6.45) is 1.33. The van der Waals surface area contributed by atoms with E-state index in [1.807, 2.05) is 0 Å². The fourth-order valence-corrected chi connectivity index (χ4v) is 3.08. The Bertz CT molecular complexity index is 928. The topological polar surface area (TPSA) is 79.0 Å². The number of hydrogen-bond donors (Lipinski definition) is 1. The number of imide groups is 1. The zero-order valence-corrected chi connectivity index (χ0v) is 15.8. The van der Waals surface area contributed by atoms with Gasteiger partial charge in [0.15, 0.2) is 0 Å². The standard InChI is InChI=1S/C21H20FN3O4/c1-3-12-24(21(28)23-15-6-4-14(22)5-7-15)18-13-19(26)25(20(18)27)16-8-10-17(29-2)11-9-16/h3-11,18H,1,12-13H2,2H3,(H,23,28)/t18-/m0/s1. The lowest BCUT2D eigenvalue weighted by molar-refractivity contribution is -0.122. The van der Waals surface area contributed by atoms with Crippen molar-refractivity contribution in [1.82, 2.24) is 4.90 Å². The Balaban J connectivity index is 1.80. The number of rotatable bonds is 6. The molecule has 0 unspecified atom stereocenters. The summed E-state index contributed by atoms with van der Waals surface area (Å²) in [6, 6.07) is 10.2. The molecule has 1 heterocycles. The summed E-state index contributed by atoms with van der Waals surface area (Å²) >= 11 is 0. The van der Waals surface area contributed by atoms with Crippen LogP contribution in [0.2, 0.25) is 0 Å². The fraction of sp³-hybridized carbons (Fsp3) is 0.190. The third-order valence-electron chi connectivity index (χ3n) is 4.51. The average Bonchev–Trinajstić information content (AvgIpc) is 3.01. The van der Waals surface area contributed by atoms with Gasteiger partial charge in [0.25, 0.3) is 5.91 Å². The minimum atomic E-state index is -0.969. The monoisotopic (exact) mass is 397 g/mol. The van der Waals surface area contributed by atoms with Gasteiger partial charge in [-0.2, -0.15) is 0 Å². The van der Waals surface area contributed by atoms with Gasteiger partial charge in [-0.15, -0.1) is 6.58 Å². The van der Waals surface area contributed by atoms with Crippen LogP contribution >= 0.6 is 0 Å². The highest BCUT2D eigenvalue weighted by atomic mass is 19.1. The third-order valence-corrected chi connectivity index (χ3v) is 4.51. The van der Waals surface area contributed by atoms with E-state index in [2.05, 4.69) is 11.9 Å². The van der Waals surface area contributed by atoms with E-state index in [1.165, 1.54) is 42.4 Å². The molecule has 2 aromatic rings. The molecule has 1 N–H and O–H groups in total. The Labute approximate surface area is 167 Å². The summed E-state index contributed by atoms with van der Waals surface area (Å²) in [4.78, 5) is 40.5. The van der Waals surface area contributed by atoms with E-state index < -0.39 is 29.7 Å². The Morgan fingerprint density at radius 2 is 1.90 bits per heavy atom. The summed E-state index contributed by atoms with van der Waals surface area (Å²) in [6.45, 7) is 3.68. The molecule has 3 rings (SSSR count). The normalized spacial score (nSPS) is 15.9. The third kappa shape index (κ3) is 4.26. The molecule has 0 bridgehead atoms. The van der Waals surface area contributed by atoms with Gasteiger partial charge in [0.1, 0.15) is 17.6 Å². The smallest absolute Gasteiger partial charge is 0.322 e. The van der Waals surface area contributed by atoms with Crippen molar-refractivity contribution in [2.75, 3.05) is 23.9 Å². The van der Waals surface area contributed by atoms with E-state index in [0.717, 1.165) is 4.90 Å². The number of benzene rings is 2. The summed E-state index contributed by atoms with van der Waals surface area (Å²) in [7, 11) is 1.52. The van der Waals surface area contributed by atoms with Crippen LogP contribution < -0.4 is 15.0 Å². The van der Waals surface area contributed by atoms with E-state index in [0.29, 0.717) is 17.1 Å². The zero-order valence-electron chi connectivity index (χ0n) is 15.8. The first-order valence-electron chi connectivity index (χ1n) is 8.89. The van der Waals surface area contributed by atoms with E-state index in [-0.39, 0.29) is 13.0 Å². The molecular weight excluding hydrogens is 377 g/mol. The van der Waals surface area contributed by atoms with Gasteiger partial charge >= 0.3 is 6.03 Å². The second-order valence-corrected chi connectivity index (χ2v) is 6.36. The van der Waals surface area contributed by atoms with Crippen molar-refractivity contribution in [3.8, 4) is 5.75 Å². The van der Waals surface area contributed by atoms with Crippen molar-refractivity contribution in [2.45, 2.75) is 12.5 Å². The van der Waals surface area contributed by atoms with Gasteiger partial charge in [0.2, 0.25) is 5.91 Å². The maximum absolute atomic E-state index is 13.1. The molecule has 2 aromatic carbocycles. The number of methoxy groups -OCH3 is 1. The van der Waals surface area contributed by atoms with Gasteiger partial charge in [0.05, 0.1) is 19.2 Å². The van der Waals surface area contributed by atoms with Crippen LogP contribution in [-0.4, -0.2) is 42.4 Å². The Morgan fingerprint density at radius 3 is 2.48 bits per heavy atom. The number of urea groups is 1. The molecule has 0 saturated carbocycles. The van der Waals surface area contributed by atoms with Gasteiger partial charge in [-0.25, -0.2) is 14.1 Å². The van der Waals surface area contributed by atoms with Gasteiger partial charge in [-0.05, 0) is 48.5 Å². The summed E-state index contributed by atoms with van der Waals surface area (Å²) < 4.78 is 18.2. The van der Waals surface area contributed by atoms with Gasteiger partial charge in [-0.3, -0.25) is 9.59 Å². The lowest BCUT2D eigenvalue weighted by Crippen LogP contribution is -2.47. The molecule has 1 aliphatic heterocycles. The Kier molecular flexibility index (Phi) is 5.92. The van der Waals surface area contributed by atoms with Crippen LogP contribution in [0, 0.1) is 5.82 Å². The van der Waals surface area contributed by atoms with E-state index >= 15 is 0 Å². The van der Waals surface area contributed by atoms with Crippen LogP contribution in [0.3, 0.4) is 0 Å². The van der Waals surface area contributed by atoms with Crippen LogP contribution in [0.15, 0.2) is 61.2 Å². The quantitative estimate of drug-likeness (QED) is 0.600. The molecule has 7 nitrogen and oxygen atoms in total. The van der Waals surface area contributed by atoms with Crippen LogP contribution in [-0.2, 0) is 9.59 Å². The predicted molar refractivity (Wildman–Crippen MR) is 106 cm³/mol. The highest BCUT2D eigenvalue weighted by Gasteiger charge is 2.44. The van der Waals surface area contributed by atoms with Crippen LogP contribution in [0.5, 0.6) is 5.75 Å². The predicted octanol–water partition coefficient (Wildman–Crippen LogP) is 3.19. The number of halogens is 1. The molecule has 29 heavy (non-hydrogen) atoms. The molecular formula is C21H20FN3O4. The van der Waals surface area contributed by atoms with E-state index in [1.54, 1.807) is 24.3 Å². The first-order valence-corrected chi connectivity index (χ1v) is 8.89. The molecule has 0 aromatic heterocycles. The number of nitrogens with one attached hydrogen (secondary N) is 1. The van der Waals surface area contributed by atoms with Gasteiger partial charge in [-0.1, -0.05) is 6.08 Å². The van der Waals surface area contributed by atoms with Crippen molar-refractivity contribution in [3.05, 3.63) is 67.0 Å². The molecule has 1 atom stereocenters. The summed E-state index contributed by atoms with van der Waals surface area (Å²) in [5.74, 6) is -0.751. The molecule has 0 radical (unpaired) electrons. The average molecular weight is 397 g/mol. The number of anilines is 2. The number of ether oxygens (including phenoxy) is 1. The number of nitrogens with zero attached hydrogens (tertiary/aromatic N) is 2. The minimum absolute atomic E-state index is 0.0627. The second kappa shape index (κ2) is 8.55. The van der Waals surface area contributed by atoms with Gasteiger partial charge < -0.3 is 15.0 Å². The Hall–Kier alpha value is -3.68. The summed E-state index contributed by atoms with van der Waals surface area (Å²) in [5.41, 5.74) is 0.773. The maximum Gasteiger partial charge on any atom is 0.322 e. The first kappa shape index (κ1) is 20.1. The van der Waals surface area contributed by atoms with Crippen molar-refractivity contribution in [2.24, 2.45) is 0 Å². The van der Waals surface area contributed by atoms with Crippen LogP contribution in [0.25, 0.3) is 0 Å². The molecule has 1 aliphatic rings. The highest BCUT2D eigenvalue weighted by molar-refractivity contribution is 6.23. The second-order valence-electron chi connectivity index (χ2n) is 6.36. The number of carbonyl (C=O) groups excluding carboxylic acids is 3. The lowest BCUT2D eigenvalue weighted by atomic mass is 10.2. The molecule has 1 fully saturated rings. The highest BCUT2D eigenvalue weighted by Crippen LogP contribution is 2.27. The van der Waals surface area contributed by atoms with Crippen LogP contribution in [0.1, 0.15) is 6.42 Å². The van der Waals surface area contributed by atoms with Crippen molar-refractivity contribution in [1.29, 1.82) is 0 Å². The number of carbonyl (C=O) groups is 3. The largest absolute Gasteiger partial charge is 0.497 e. The van der Waals surface area contributed by atoms with Crippen molar-refractivity contribution in [3.63, 3.8) is 0 Å². The molecule has 8 heteroatoms. The molecule has 0 aliphatic carbocycles. The first-order chi connectivity index (χ1) is 13.9. The van der Waals surface area contributed by atoms with Crippen molar-refractivity contribution >= 4 is 29.2 Å².